The molecular formula is C20H32O3. The molecule has 1 fully saturated rings. The van der Waals surface area contributed by atoms with Gasteiger partial charge in [0.2, 0.25) is 0 Å². The van der Waals surface area contributed by atoms with E-state index in [1.165, 1.54) is 37.7 Å². The van der Waals surface area contributed by atoms with Crippen molar-refractivity contribution in [3.8, 4) is 5.75 Å². The molecule has 2 atom stereocenters. The molecule has 23 heavy (non-hydrogen) atoms. The molecule has 0 bridgehead atoms. The number of unbranched alkanes of at least 4 members (excludes halogenated alkanes) is 4. The summed E-state index contributed by atoms with van der Waals surface area (Å²) < 4.78 is 17.7. The summed E-state index contributed by atoms with van der Waals surface area (Å²) in [6, 6.07) is 8.27. The zero-order valence-corrected chi connectivity index (χ0v) is 14.8. The van der Waals surface area contributed by atoms with Crippen molar-refractivity contribution in [1.82, 2.24) is 0 Å². The van der Waals surface area contributed by atoms with Gasteiger partial charge in [0.05, 0.1) is 25.9 Å². The molecule has 1 aromatic carbocycles. The molecule has 3 nitrogen and oxygen atoms in total. The second kappa shape index (κ2) is 10.7. The molecule has 3 heteroatoms. The lowest BCUT2D eigenvalue weighted by molar-refractivity contribution is -0.137. The fraction of sp³-hybridized carbons (Fsp3) is 0.700. The molecule has 1 aliphatic heterocycles. The lowest BCUT2D eigenvalue weighted by Crippen LogP contribution is -2.31. The molecule has 1 saturated heterocycles. The van der Waals surface area contributed by atoms with E-state index >= 15 is 0 Å². The van der Waals surface area contributed by atoms with Crippen LogP contribution in [0.15, 0.2) is 24.3 Å². The van der Waals surface area contributed by atoms with E-state index in [4.69, 9.17) is 14.2 Å². The van der Waals surface area contributed by atoms with Crippen molar-refractivity contribution >= 4 is 0 Å². The summed E-state index contributed by atoms with van der Waals surface area (Å²) in [6.07, 6.45) is 8.80. The monoisotopic (exact) mass is 320 g/mol. The quantitative estimate of drug-likeness (QED) is 0.548. The van der Waals surface area contributed by atoms with Crippen molar-refractivity contribution in [3.63, 3.8) is 0 Å². The summed E-state index contributed by atoms with van der Waals surface area (Å²) in [6.45, 7) is 6.60. The number of ether oxygens (including phenoxy) is 3. The smallest absolute Gasteiger partial charge is 0.119 e. The van der Waals surface area contributed by atoms with E-state index in [-0.39, 0.29) is 12.2 Å². The Balaban J connectivity index is 1.71. The van der Waals surface area contributed by atoms with Crippen LogP contribution in [0.1, 0.15) is 70.5 Å². The molecule has 0 spiro atoms. The first-order chi connectivity index (χ1) is 11.3. The highest BCUT2D eigenvalue weighted by atomic mass is 16.6. The van der Waals surface area contributed by atoms with Crippen molar-refractivity contribution in [2.75, 3.05) is 19.8 Å². The van der Waals surface area contributed by atoms with Gasteiger partial charge in [-0.05, 0) is 30.5 Å². The van der Waals surface area contributed by atoms with Gasteiger partial charge in [0, 0.05) is 0 Å². The highest BCUT2D eigenvalue weighted by molar-refractivity contribution is 5.28. The Morgan fingerprint density at radius 1 is 0.913 bits per heavy atom. The van der Waals surface area contributed by atoms with Crippen molar-refractivity contribution in [2.24, 2.45) is 0 Å². The Kier molecular flexibility index (Phi) is 8.48. The predicted molar refractivity (Wildman–Crippen MR) is 94.0 cm³/mol. The number of benzene rings is 1. The lowest BCUT2D eigenvalue weighted by atomic mass is 10.1. The standard InChI is InChI=1S/C20H32O3/c1-3-5-7-9-19-15-23-20(16-22-19)17-10-12-18(13-11-17)21-14-8-6-4-2/h10-13,19-20H,3-9,14-16H2,1-2H3. The Labute approximate surface area is 141 Å². The normalized spacial score (nSPS) is 21.3. The molecule has 0 amide bonds. The molecule has 1 aliphatic rings. The van der Waals surface area contributed by atoms with Gasteiger partial charge in [-0.15, -0.1) is 0 Å². The van der Waals surface area contributed by atoms with Crippen LogP contribution in [0, 0.1) is 0 Å². The summed E-state index contributed by atoms with van der Waals surface area (Å²) in [5.74, 6) is 0.944. The van der Waals surface area contributed by atoms with Crippen molar-refractivity contribution < 1.29 is 14.2 Å². The molecule has 0 radical (unpaired) electrons. The predicted octanol–water partition coefficient (Wildman–Crippen LogP) is 5.29. The molecule has 1 heterocycles. The minimum atomic E-state index is 0.0616. The summed E-state index contributed by atoms with van der Waals surface area (Å²) in [4.78, 5) is 0. The zero-order valence-electron chi connectivity index (χ0n) is 14.8. The molecule has 1 aromatic rings. The molecule has 2 unspecified atom stereocenters. The van der Waals surface area contributed by atoms with E-state index in [9.17, 15) is 0 Å². The first-order valence-corrected chi connectivity index (χ1v) is 9.29. The van der Waals surface area contributed by atoms with Crippen LogP contribution >= 0.6 is 0 Å². The fourth-order valence-corrected chi connectivity index (χ4v) is 2.85. The van der Waals surface area contributed by atoms with Crippen LogP contribution in [-0.4, -0.2) is 25.9 Å². The maximum absolute atomic E-state index is 5.99. The van der Waals surface area contributed by atoms with Crippen LogP contribution in [-0.2, 0) is 9.47 Å². The Morgan fingerprint density at radius 2 is 1.65 bits per heavy atom. The second-order valence-corrected chi connectivity index (χ2v) is 6.40. The third kappa shape index (κ3) is 6.52. The van der Waals surface area contributed by atoms with E-state index in [2.05, 4.69) is 26.0 Å². The van der Waals surface area contributed by atoms with Gasteiger partial charge in [-0.1, -0.05) is 58.1 Å². The summed E-state index contributed by atoms with van der Waals surface area (Å²) in [5, 5.41) is 0. The maximum Gasteiger partial charge on any atom is 0.119 e. The van der Waals surface area contributed by atoms with E-state index < -0.39 is 0 Å². The Bertz CT molecular complexity index is 407. The number of hydrogen-bond acceptors (Lipinski definition) is 3. The molecule has 130 valence electrons. The lowest BCUT2D eigenvalue weighted by Gasteiger charge is -2.30. The molecule has 0 N–H and O–H groups in total. The van der Waals surface area contributed by atoms with E-state index in [1.807, 2.05) is 12.1 Å². The van der Waals surface area contributed by atoms with Crippen LogP contribution in [0.3, 0.4) is 0 Å². The average molecular weight is 320 g/mol. The summed E-state index contributed by atoms with van der Waals surface area (Å²) >= 11 is 0. The van der Waals surface area contributed by atoms with E-state index in [1.54, 1.807) is 0 Å². The van der Waals surface area contributed by atoms with Gasteiger partial charge in [-0.25, -0.2) is 0 Å². The average Bonchev–Trinajstić information content (AvgIpc) is 2.60. The van der Waals surface area contributed by atoms with Gasteiger partial charge < -0.3 is 14.2 Å². The summed E-state index contributed by atoms with van der Waals surface area (Å²) in [7, 11) is 0. The Morgan fingerprint density at radius 3 is 2.30 bits per heavy atom. The molecule has 0 saturated carbocycles. The Hall–Kier alpha value is -1.06. The van der Waals surface area contributed by atoms with Gasteiger partial charge >= 0.3 is 0 Å². The van der Waals surface area contributed by atoms with Gasteiger partial charge in [0.15, 0.2) is 0 Å². The SMILES string of the molecule is CCCCCOc1ccc(C2COC(CCCCC)CO2)cc1. The van der Waals surface area contributed by atoms with Crippen LogP contribution < -0.4 is 4.74 Å². The van der Waals surface area contributed by atoms with Crippen molar-refractivity contribution in [3.05, 3.63) is 29.8 Å². The first-order valence-electron chi connectivity index (χ1n) is 9.29. The highest BCUT2D eigenvalue weighted by Gasteiger charge is 2.23. The van der Waals surface area contributed by atoms with E-state index in [0.717, 1.165) is 25.2 Å². The van der Waals surface area contributed by atoms with Crippen LogP contribution in [0.25, 0.3) is 0 Å². The van der Waals surface area contributed by atoms with Gasteiger partial charge in [-0.3, -0.25) is 0 Å². The molecule has 2 rings (SSSR count). The van der Waals surface area contributed by atoms with Crippen molar-refractivity contribution in [2.45, 2.75) is 71.0 Å². The van der Waals surface area contributed by atoms with Crippen LogP contribution in [0.2, 0.25) is 0 Å². The first kappa shape index (κ1) is 18.3. The molecule has 0 aromatic heterocycles. The molecule has 0 aliphatic carbocycles. The minimum absolute atomic E-state index is 0.0616. The van der Waals surface area contributed by atoms with Crippen molar-refractivity contribution in [1.29, 1.82) is 0 Å². The minimum Gasteiger partial charge on any atom is -0.494 e. The fourth-order valence-electron chi connectivity index (χ4n) is 2.85. The zero-order chi connectivity index (χ0) is 16.3. The summed E-state index contributed by atoms with van der Waals surface area (Å²) in [5.41, 5.74) is 1.18. The second-order valence-electron chi connectivity index (χ2n) is 6.40. The van der Waals surface area contributed by atoms with Gasteiger partial charge in [0.25, 0.3) is 0 Å². The topological polar surface area (TPSA) is 27.7 Å². The maximum atomic E-state index is 5.99. The van der Waals surface area contributed by atoms with Gasteiger partial charge in [0.1, 0.15) is 11.9 Å². The highest BCUT2D eigenvalue weighted by Crippen LogP contribution is 2.26. The number of hydrogen-bond donors (Lipinski definition) is 0. The van der Waals surface area contributed by atoms with Crippen LogP contribution in [0.5, 0.6) is 5.75 Å². The van der Waals surface area contributed by atoms with Gasteiger partial charge in [-0.2, -0.15) is 0 Å². The van der Waals surface area contributed by atoms with E-state index in [0.29, 0.717) is 13.2 Å². The number of rotatable bonds is 10. The third-order valence-electron chi connectivity index (χ3n) is 4.36. The van der Waals surface area contributed by atoms with Crippen LogP contribution in [0.4, 0.5) is 0 Å². The molecular weight excluding hydrogens is 288 g/mol. The largest absolute Gasteiger partial charge is 0.494 e. The third-order valence-corrected chi connectivity index (χ3v) is 4.36.